The number of anilines is 3. The maximum absolute atomic E-state index is 11.9. The second-order valence-electron chi connectivity index (χ2n) is 6.74. The highest BCUT2D eigenvalue weighted by molar-refractivity contribution is 6.00. The molecule has 1 fully saturated rings. The van der Waals surface area contributed by atoms with E-state index in [1.54, 1.807) is 6.07 Å². The lowest BCUT2D eigenvalue weighted by atomic mass is 10.0. The Morgan fingerprint density at radius 1 is 0.852 bits per heavy atom. The van der Waals surface area contributed by atoms with Gasteiger partial charge in [-0.25, -0.2) is 4.79 Å². The molecular formula is C23H22N2O2. The van der Waals surface area contributed by atoms with E-state index in [0.717, 1.165) is 48.4 Å². The van der Waals surface area contributed by atoms with Crippen LogP contribution in [0, 0.1) is 0 Å². The molecule has 4 nitrogen and oxygen atoms in total. The molecule has 0 amide bonds. The Hall–Kier alpha value is -3.27. The molecule has 4 heteroatoms. The van der Waals surface area contributed by atoms with Crippen molar-refractivity contribution >= 4 is 23.0 Å². The quantitative estimate of drug-likeness (QED) is 0.641. The van der Waals surface area contributed by atoms with Gasteiger partial charge in [-0.05, 0) is 36.6 Å². The van der Waals surface area contributed by atoms with E-state index >= 15 is 0 Å². The summed E-state index contributed by atoms with van der Waals surface area (Å²) in [6, 6.07) is 23.6. The van der Waals surface area contributed by atoms with Crippen molar-refractivity contribution in [3.05, 3.63) is 78.4 Å². The SMILES string of the molecule is O=C(O)c1cccc(N2CCCC2)c1Nc1ccccc1-c1ccccc1. The molecule has 1 aliphatic rings. The zero-order valence-electron chi connectivity index (χ0n) is 15.1. The van der Waals surface area contributed by atoms with Crippen molar-refractivity contribution in [1.29, 1.82) is 0 Å². The molecule has 3 aromatic rings. The second-order valence-corrected chi connectivity index (χ2v) is 6.74. The molecule has 0 atom stereocenters. The maximum atomic E-state index is 11.9. The van der Waals surface area contributed by atoms with Crippen LogP contribution in [-0.4, -0.2) is 24.2 Å². The zero-order chi connectivity index (χ0) is 18.6. The number of carbonyl (C=O) groups is 1. The highest BCUT2D eigenvalue weighted by Gasteiger charge is 2.21. The number of carboxylic acids is 1. The predicted octanol–water partition coefficient (Wildman–Crippen LogP) is 5.40. The van der Waals surface area contributed by atoms with Crippen LogP contribution in [0.1, 0.15) is 23.2 Å². The molecule has 0 saturated carbocycles. The van der Waals surface area contributed by atoms with Crippen LogP contribution < -0.4 is 10.2 Å². The summed E-state index contributed by atoms with van der Waals surface area (Å²) >= 11 is 0. The fourth-order valence-corrected chi connectivity index (χ4v) is 3.67. The highest BCUT2D eigenvalue weighted by atomic mass is 16.4. The summed E-state index contributed by atoms with van der Waals surface area (Å²) in [6.45, 7) is 1.91. The van der Waals surface area contributed by atoms with E-state index in [2.05, 4.69) is 28.4 Å². The summed E-state index contributed by atoms with van der Waals surface area (Å²) in [5, 5.41) is 13.2. The Morgan fingerprint density at radius 2 is 1.56 bits per heavy atom. The maximum Gasteiger partial charge on any atom is 0.337 e. The third kappa shape index (κ3) is 3.51. The first-order valence-electron chi connectivity index (χ1n) is 9.27. The fraction of sp³-hybridized carbons (Fsp3) is 0.174. The van der Waals surface area contributed by atoms with Crippen LogP contribution in [0.15, 0.2) is 72.8 Å². The molecule has 3 aromatic carbocycles. The number of nitrogens with zero attached hydrogens (tertiary/aromatic N) is 1. The van der Waals surface area contributed by atoms with Crippen molar-refractivity contribution in [2.45, 2.75) is 12.8 Å². The number of carboxylic acid groups (broad SMARTS) is 1. The van der Waals surface area contributed by atoms with Crippen LogP contribution in [0.5, 0.6) is 0 Å². The minimum absolute atomic E-state index is 0.294. The van der Waals surface area contributed by atoms with Crippen LogP contribution in [0.25, 0.3) is 11.1 Å². The van der Waals surface area contributed by atoms with Gasteiger partial charge in [0.1, 0.15) is 0 Å². The van der Waals surface area contributed by atoms with Gasteiger partial charge in [0.15, 0.2) is 0 Å². The van der Waals surface area contributed by atoms with Crippen LogP contribution in [0.3, 0.4) is 0 Å². The summed E-state index contributed by atoms with van der Waals surface area (Å²) in [5.74, 6) is -0.921. The van der Waals surface area contributed by atoms with Crippen molar-refractivity contribution < 1.29 is 9.90 Å². The largest absolute Gasteiger partial charge is 0.478 e. The molecule has 27 heavy (non-hydrogen) atoms. The molecular weight excluding hydrogens is 336 g/mol. The number of aromatic carboxylic acids is 1. The molecule has 1 aliphatic heterocycles. The molecule has 1 saturated heterocycles. The minimum Gasteiger partial charge on any atom is -0.478 e. The number of nitrogens with one attached hydrogen (secondary N) is 1. The molecule has 2 N–H and O–H groups in total. The second kappa shape index (κ2) is 7.54. The monoisotopic (exact) mass is 358 g/mol. The molecule has 4 rings (SSSR count). The van der Waals surface area contributed by atoms with Crippen molar-refractivity contribution in [3.63, 3.8) is 0 Å². The zero-order valence-corrected chi connectivity index (χ0v) is 15.1. The number of para-hydroxylation sites is 2. The lowest BCUT2D eigenvalue weighted by molar-refractivity contribution is 0.0698. The minimum atomic E-state index is -0.921. The first kappa shape index (κ1) is 17.2. The Bertz CT molecular complexity index is 948. The summed E-state index contributed by atoms with van der Waals surface area (Å²) < 4.78 is 0. The van der Waals surface area contributed by atoms with E-state index in [1.165, 1.54) is 0 Å². The first-order valence-corrected chi connectivity index (χ1v) is 9.27. The van der Waals surface area contributed by atoms with Gasteiger partial charge in [-0.1, -0.05) is 54.6 Å². The van der Waals surface area contributed by atoms with Gasteiger partial charge < -0.3 is 15.3 Å². The smallest absolute Gasteiger partial charge is 0.337 e. The Kier molecular flexibility index (Phi) is 4.79. The molecule has 0 aromatic heterocycles. The summed E-state index contributed by atoms with van der Waals surface area (Å²) in [6.07, 6.45) is 2.27. The first-order chi connectivity index (χ1) is 13.2. The van der Waals surface area contributed by atoms with E-state index in [9.17, 15) is 9.90 Å². The van der Waals surface area contributed by atoms with Crippen molar-refractivity contribution in [1.82, 2.24) is 0 Å². The van der Waals surface area contributed by atoms with Crippen LogP contribution in [0.2, 0.25) is 0 Å². The van der Waals surface area contributed by atoms with Gasteiger partial charge in [0.25, 0.3) is 0 Å². The molecule has 0 bridgehead atoms. The average molecular weight is 358 g/mol. The molecule has 0 aliphatic carbocycles. The van der Waals surface area contributed by atoms with Crippen molar-refractivity contribution in [3.8, 4) is 11.1 Å². The van der Waals surface area contributed by atoms with E-state index in [1.807, 2.05) is 48.5 Å². The summed E-state index contributed by atoms with van der Waals surface area (Å²) in [5.41, 5.74) is 4.95. The van der Waals surface area contributed by atoms with Crippen molar-refractivity contribution in [2.24, 2.45) is 0 Å². The fourth-order valence-electron chi connectivity index (χ4n) is 3.67. The van der Waals surface area contributed by atoms with Gasteiger partial charge in [-0.2, -0.15) is 0 Å². The third-order valence-electron chi connectivity index (χ3n) is 4.99. The van der Waals surface area contributed by atoms with Gasteiger partial charge in [-0.15, -0.1) is 0 Å². The number of rotatable bonds is 5. The summed E-state index contributed by atoms with van der Waals surface area (Å²) in [4.78, 5) is 14.1. The lowest BCUT2D eigenvalue weighted by Gasteiger charge is -2.24. The van der Waals surface area contributed by atoms with Crippen LogP contribution in [-0.2, 0) is 0 Å². The van der Waals surface area contributed by atoms with E-state index in [0.29, 0.717) is 11.3 Å². The Labute approximate surface area is 159 Å². The van der Waals surface area contributed by atoms with E-state index in [4.69, 9.17) is 0 Å². The lowest BCUT2D eigenvalue weighted by Crippen LogP contribution is -2.20. The molecule has 0 spiro atoms. The van der Waals surface area contributed by atoms with Gasteiger partial charge in [-0.3, -0.25) is 0 Å². The van der Waals surface area contributed by atoms with Crippen LogP contribution in [0.4, 0.5) is 17.1 Å². The normalized spacial score (nSPS) is 13.6. The highest BCUT2D eigenvalue weighted by Crippen LogP contribution is 2.37. The average Bonchev–Trinajstić information content (AvgIpc) is 3.24. The van der Waals surface area contributed by atoms with Gasteiger partial charge >= 0.3 is 5.97 Å². The molecule has 0 radical (unpaired) electrons. The van der Waals surface area contributed by atoms with Gasteiger partial charge in [0.2, 0.25) is 0 Å². The summed E-state index contributed by atoms with van der Waals surface area (Å²) in [7, 11) is 0. The molecule has 136 valence electrons. The number of hydrogen-bond donors (Lipinski definition) is 2. The molecule has 0 unspecified atom stereocenters. The van der Waals surface area contributed by atoms with Gasteiger partial charge in [0.05, 0.1) is 16.9 Å². The Balaban J connectivity index is 1.80. The topological polar surface area (TPSA) is 52.6 Å². The predicted molar refractivity (Wildman–Crippen MR) is 110 cm³/mol. The van der Waals surface area contributed by atoms with Gasteiger partial charge in [0, 0.05) is 24.3 Å². The standard InChI is InChI=1S/C23H22N2O2/c26-23(27)19-12-8-14-21(25-15-6-7-16-25)22(19)24-20-13-5-4-11-18(20)17-9-2-1-3-10-17/h1-5,8-14,24H,6-7,15-16H2,(H,26,27). The number of benzene rings is 3. The third-order valence-corrected chi connectivity index (χ3v) is 4.99. The van der Waals surface area contributed by atoms with E-state index in [-0.39, 0.29) is 0 Å². The van der Waals surface area contributed by atoms with E-state index < -0.39 is 5.97 Å². The van der Waals surface area contributed by atoms with Crippen molar-refractivity contribution in [2.75, 3.05) is 23.3 Å². The number of hydrogen-bond acceptors (Lipinski definition) is 3. The van der Waals surface area contributed by atoms with Crippen LogP contribution >= 0.6 is 0 Å². The molecule has 1 heterocycles. The Morgan fingerprint density at radius 3 is 2.30 bits per heavy atom.